The molecule has 0 aromatic carbocycles. The normalized spacial score (nSPS) is 13.1. The predicted molar refractivity (Wildman–Crippen MR) is 63.8 cm³/mol. The van der Waals surface area contributed by atoms with Gasteiger partial charge in [0.1, 0.15) is 6.10 Å². The second-order valence-electron chi connectivity index (χ2n) is 4.78. The molecular formula is C13H26O2. The number of carbonyl (C=O) groups excluding carboxylic acids is 1. The van der Waals surface area contributed by atoms with Crippen LogP contribution in [0, 0.1) is 5.92 Å². The first-order valence-electron chi connectivity index (χ1n) is 6.28. The van der Waals surface area contributed by atoms with Crippen molar-refractivity contribution < 1.29 is 9.90 Å². The summed E-state index contributed by atoms with van der Waals surface area (Å²) in [5, 5.41) is 9.57. The number of aliphatic hydroxyl groups is 1. The van der Waals surface area contributed by atoms with Crippen LogP contribution in [0.1, 0.15) is 65.7 Å². The minimum absolute atomic E-state index is 0.0143. The van der Waals surface area contributed by atoms with E-state index in [0.717, 1.165) is 12.8 Å². The molecule has 15 heavy (non-hydrogen) atoms. The Morgan fingerprint density at radius 3 is 2.27 bits per heavy atom. The van der Waals surface area contributed by atoms with Crippen LogP contribution < -0.4 is 0 Å². The highest BCUT2D eigenvalue weighted by molar-refractivity contribution is 5.82. The van der Waals surface area contributed by atoms with E-state index in [1.807, 2.05) is 13.8 Å². The molecular weight excluding hydrogens is 188 g/mol. The molecule has 2 nitrogen and oxygen atoms in total. The highest BCUT2D eigenvalue weighted by Crippen LogP contribution is 2.10. The minimum atomic E-state index is -0.714. The third-order valence-electron chi connectivity index (χ3n) is 2.56. The molecule has 0 spiro atoms. The third-order valence-corrected chi connectivity index (χ3v) is 2.56. The van der Waals surface area contributed by atoms with Gasteiger partial charge in [0.25, 0.3) is 0 Å². The van der Waals surface area contributed by atoms with Crippen LogP contribution in [-0.4, -0.2) is 17.0 Å². The number of unbranched alkanes of at least 4 members (excludes halogenated alkanes) is 4. The fourth-order valence-electron chi connectivity index (χ4n) is 1.64. The maximum absolute atomic E-state index is 11.4. The van der Waals surface area contributed by atoms with Gasteiger partial charge in [0.15, 0.2) is 5.78 Å². The number of Topliss-reactive ketones (excluding diaryl/α,β-unsaturated/α-hetero) is 1. The van der Waals surface area contributed by atoms with E-state index in [1.165, 1.54) is 19.3 Å². The maximum Gasteiger partial charge on any atom is 0.161 e. The van der Waals surface area contributed by atoms with Crippen LogP contribution in [-0.2, 0) is 4.79 Å². The Kier molecular flexibility index (Phi) is 8.68. The summed E-state index contributed by atoms with van der Waals surface area (Å²) >= 11 is 0. The molecule has 0 aliphatic heterocycles. The Morgan fingerprint density at radius 1 is 1.13 bits per heavy atom. The summed E-state index contributed by atoms with van der Waals surface area (Å²) in [6.07, 6.45) is 6.27. The van der Waals surface area contributed by atoms with Crippen LogP contribution >= 0.6 is 0 Å². The first-order valence-corrected chi connectivity index (χ1v) is 6.28. The number of hydrogen-bond donors (Lipinski definition) is 1. The van der Waals surface area contributed by atoms with Crippen LogP contribution in [0.4, 0.5) is 0 Å². The minimum Gasteiger partial charge on any atom is -0.385 e. The van der Waals surface area contributed by atoms with E-state index in [-0.39, 0.29) is 5.78 Å². The maximum atomic E-state index is 11.4. The Bertz CT molecular complexity index is 164. The van der Waals surface area contributed by atoms with Crippen molar-refractivity contribution in [2.45, 2.75) is 71.8 Å². The van der Waals surface area contributed by atoms with Crippen LogP contribution in [0.5, 0.6) is 0 Å². The van der Waals surface area contributed by atoms with Crippen molar-refractivity contribution in [2.75, 3.05) is 0 Å². The van der Waals surface area contributed by atoms with E-state index in [2.05, 4.69) is 6.92 Å². The average Bonchev–Trinajstić information content (AvgIpc) is 2.16. The summed E-state index contributed by atoms with van der Waals surface area (Å²) in [5.41, 5.74) is 0. The predicted octanol–water partition coefficient (Wildman–Crippen LogP) is 3.32. The van der Waals surface area contributed by atoms with Gasteiger partial charge in [-0.15, -0.1) is 0 Å². The second kappa shape index (κ2) is 8.90. The lowest BCUT2D eigenvalue weighted by Gasteiger charge is -2.10. The molecule has 0 aromatic heterocycles. The quantitative estimate of drug-likeness (QED) is 0.598. The van der Waals surface area contributed by atoms with Gasteiger partial charge < -0.3 is 5.11 Å². The number of rotatable bonds is 9. The fraction of sp³-hybridized carbons (Fsp3) is 0.923. The van der Waals surface area contributed by atoms with Gasteiger partial charge in [-0.2, -0.15) is 0 Å². The van der Waals surface area contributed by atoms with E-state index in [1.54, 1.807) is 0 Å². The zero-order valence-electron chi connectivity index (χ0n) is 10.5. The molecule has 0 aliphatic rings. The molecule has 0 saturated carbocycles. The molecule has 0 radical (unpaired) electrons. The Hall–Kier alpha value is -0.370. The van der Waals surface area contributed by atoms with Crippen molar-refractivity contribution in [3.63, 3.8) is 0 Å². The molecule has 0 rings (SSSR count). The summed E-state index contributed by atoms with van der Waals surface area (Å²) < 4.78 is 0. The summed E-state index contributed by atoms with van der Waals surface area (Å²) in [7, 11) is 0. The molecule has 0 amide bonds. The van der Waals surface area contributed by atoms with Gasteiger partial charge in [0, 0.05) is 6.42 Å². The van der Waals surface area contributed by atoms with Gasteiger partial charge >= 0.3 is 0 Å². The molecule has 2 heteroatoms. The molecule has 0 bridgehead atoms. The SMILES string of the molecule is CCCCCCCC(O)C(=O)CC(C)C. The summed E-state index contributed by atoms with van der Waals surface area (Å²) in [4.78, 5) is 11.4. The van der Waals surface area contributed by atoms with Gasteiger partial charge in [-0.25, -0.2) is 0 Å². The summed E-state index contributed by atoms with van der Waals surface area (Å²) in [6, 6.07) is 0. The highest BCUT2D eigenvalue weighted by atomic mass is 16.3. The average molecular weight is 214 g/mol. The molecule has 0 saturated heterocycles. The van der Waals surface area contributed by atoms with Gasteiger partial charge in [-0.1, -0.05) is 52.9 Å². The molecule has 0 aromatic rings. The number of ketones is 1. The Balaban J connectivity index is 3.47. The van der Waals surface area contributed by atoms with E-state index in [4.69, 9.17) is 0 Å². The van der Waals surface area contributed by atoms with Gasteiger partial charge in [0.05, 0.1) is 0 Å². The topological polar surface area (TPSA) is 37.3 Å². The highest BCUT2D eigenvalue weighted by Gasteiger charge is 2.15. The number of hydrogen-bond acceptors (Lipinski definition) is 2. The van der Waals surface area contributed by atoms with Crippen molar-refractivity contribution in [2.24, 2.45) is 5.92 Å². The Morgan fingerprint density at radius 2 is 1.73 bits per heavy atom. The van der Waals surface area contributed by atoms with Crippen molar-refractivity contribution in [1.82, 2.24) is 0 Å². The van der Waals surface area contributed by atoms with Crippen molar-refractivity contribution in [1.29, 1.82) is 0 Å². The lowest BCUT2D eigenvalue weighted by Crippen LogP contribution is -2.21. The second-order valence-corrected chi connectivity index (χ2v) is 4.78. The van der Waals surface area contributed by atoms with Crippen LogP contribution in [0.3, 0.4) is 0 Å². The molecule has 90 valence electrons. The van der Waals surface area contributed by atoms with Gasteiger partial charge in [0.2, 0.25) is 0 Å². The summed E-state index contributed by atoms with van der Waals surface area (Å²) in [5.74, 6) is 0.368. The lowest BCUT2D eigenvalue weighted by atomic mass is 9.99. The van der Waals surface area contributed by atoms with E-state index in [9.17, 15) is 9.90 Å². The molecule has 0 heterocycles. The van der Waals surface area contributed by atoms with Gasteiger partial charge in [-0.3, -0.25) is 4.79 Å². The van der Waals surface area contributed by atoms with Crippen molar-refractivity contribution in [3.05, 3.63) is 0 Å². The Labute approximate surface area is 94.1 Å². The smallest absolute Gasteiger partial charge is 0.161 e. The van der Waals surface area contributed by atoms with Gasteiger partial charge in [-0.05, 0) is 12.3 Å². The van der Waals surface area contributed by atoms with Crippen LogP contribution in [0.25, 0.3) is 0 Å². The summed E-state index contributed by atoms with van der Waals surface area (Å²) in [6.45, 7) is 6.19. The monoisotopic (exact) mass is 214 g/mol. The largest absolute Gasteiger partial charge is 0.385 e. The van der Waals surface area contributed by atoms with Crippen molar-refractivity contribution >= 4 is 5.78 Å². The fourth-order valence-corrected chi connectivity index (χ4v) is 1.64. The van der Waals surface area contributed by atoms with E-state index < -0.39 is 6.10 Å². The van der Waals surface area contributed by atoms with E-state index >= 15 is 0 Å². The first-order chi connectivity index (χ1) is 7.07. The lowest BCUT2D eigenvalue weighted by molar-refractivity contribution is -0.128. The third kappa shape index (κ3) is 8.61. The number of carbonyl (C=O) groups is 1. The zero-order valence-corrected chi connectivity index (χ0v) is 10.5. The number of aliphatic hydroxyl groups excluding tert-OH is 1. The molecule has 0 fully saturated rings. The van der Waals surface area contributed by atoms with Crippen LogP contribution in [0.15, 0.2) is 0 Å². The van der Waals surface area contributed by atoms with Crippen LogP contribution in [0.2, 0.25) is 0 Å². The van der Waals surface area contributed by atoms with E-state index in [0.29, 0.717) is 18.8 Å². The molecule has 0 aliphatic carbocycles. The standard InChI is InChI=1S/C13H26O2/c1-4-5-6-7-8-9-12(14)13(15)10-11(2)3/h11-12,14H,4-10H2,1-3H3. The molecule has 1 unspecified atom stereocenters. The molecule has 1 N–H and O–H groups in total. The zero-order chi connectivity index (χ0) is 11.7. The van der Waals surface area contributed by atoms with Crippen molar-refractivity contribution in [3.8, 4) is 0 Å². The first kappa shape index (κ1) is 14.6. The molecule has 1 atom stereocenters.